The van der Waals surface area contributed by atoms with Gasteiger partial charge in [0.2, 0.25) is 11.5 Å². The molecule has 0 spiro atoms. The zero-order valence-corrected chi connectivity index (χ0v) is 17.1. The molecule has 0 atom stereocenters. The highest BCUT2D eigenvalue weighted by atomic mass is 16.6. The van der Waals surface area contributed by atoms with Crippen molar-refractivity contribution in [2.75, 3.05) is 0 Å². The van der Waals surface area contributed by atoms with Gasteiger partial charge in [-0.05, 0) is 26.0 Å². The summed E-state index contributed by atoms with van der Waals surface area (Å²) in [5, 5.41) is 3.85. The monoisotopic (exact) mass is 412 g/mol. The van der Waals surface area contributed by atoms with Crippen LogP contribution in [0.2, 0.25) is 0 Å². The van der Waals surface area contributed by atoms with Crippen LogP contribution in [-0.2, 0) is 0 Å². The van der Waals surface area contributed by atoms with Gasteiger partial charge < -0.3 is 15.0 Å². The maximum Gasteiger partial charge on any atom is 0.410 e. The number of hydrogen-bond acceptors (Lipinski definition) is 6. The average Bonchev–Trinajstić information content (AvgIpc) is 3.13. The number of benzene rings is 2. The summed E-state index contributed by atoms with van der Waals surface area (Å²) in [5.41, 5.74) is 10.3. The Bertz CT molecular complexity index is 1210. The van der Waals surface area contributed by atoms with Crippen molar-refractivity contribution in [2.45, 2.75) is 13.8 Å². The summed E-state index contributed by atoms with van der Waals surface area (Å²) in [6, 6.07) is 23.5. The molecule has 0 saturated heterocycles. The second-order valence-corrected chi connectivity index (χ2v) is 6.84. The quantitative estimate of drug-likeness (QED) is 0.466. The fourth-order valence-corrected chi connectivity index (χ4v) is 3.15. The number of aryl methyl sites for hydroxylation is 2. The Hall–Kier alpha value is -4.26. The van der Waals surface area contributed by atoms with Crippen LogP contribution in [-0.4, -0.2) is 21.9 Å². The van der Waals surface area contributed by atoms with Gasteiger partial charge in [-0.2, -0.15) is 0 Å². The van der Waals surface area contributed by atoms with Gasteiger partial charge in [0.15, 0.2) is 0 Å². The minimum absolute atomic E-state index is 0.157. The maximum atomic E-state index is 11.2. The van der Waals surface area contributed by atoms with Crippen LogP contribution < -0.4 is 10.5 Å². The number of carbonyl (C=O) groups is 1. The Morgan fingerprint density at radius 1 is 0.903 bits per heavy atom. The molecular weight excluding hydrogens is 392 g/mol. The maximum absolute atomic E-state index is 11.2. The Kier molecular flexibility index (Phi) is 5.57. The lowest BCUT2D eigenvalue weighted by Gasteiger charge is -2.09. The average molecular weight is 412 g/mol. The number of hydrogen-bond donors (Lipinski definition) is 1. The van der Waals surface area contributed by atoms with Gasteiger partial charge in [-0.25, -0.2) is 14.8 Å². The first-order valence-electron chi connectivity index (χ1n) is 9.64. The standard InChI is InChI=1S/C24H20N4O3/c1-15-19(13-14-20(26-15)23-22(30-24(25)29)16(2)28-31-23)27-21(17-9-5-3-6-10-17)18-11-7-4-8-12-18/h3-14H,1-2H3,(H2,25,29). The van der Waals surface area contributed by atoms with E-state index in [9.17, 15) is 4.79 Å². The predicted molar refractivity (Wildman–Crippen MR) is 118 cm³/mol. The molecule has 7 heteroatoms. The first-order chi connectivity index (χ1) is 15.0. The Morgan fingerprint density at radius 2 is 1.52 bits per heavy atom. The number of aromatic nitrogens is 2. The molecule has 2 N–H and O–H groups in total. The van der Waals surface area contributed by atoms with Crippen molar-refractivity contribution in [1.29, 1.82) is 0 Å². The summed E-state index contributed by atoms with van der Waals surface area (Å²) in [6.45, 7) is 3.51. The first-order valence-corrected chi connectivity index (χ1v) is 9.64. The van der Waals surface area contributed by atoms with Crippen LogP contribution in [0, 0.1) is 13.8 Å². The molecule has 31 heavy (non-hydrogen) atoms. The van der Waals surface area contributed by atoms with E-state index in [0.29, 0.717) is 22.8 Å². The molecule has 2 heterocycles. The van der Waals surface area contributed by atoms with Crippen LogP contribution in [0.25, 0.3) is 11.5 Å². The summed E-state index contributed by atoms with van der Waals surface area (Å²) >= 11 is 0. The molecule has 0 unspecified atom stereocenters. The normalized spacial score (nSPS) is 10.5. The fraction of sp³-hybridized carbons (Fsp3) is 0.0833. The van der Waals surface area contributed by atoms with Crippen LogP contribution in [0.1, 0.15) is 22.5 Å². The number of rotatable bonds is 5. The molecule has 0 fully saturated rings. The highest BCUT2D eigenvalue weighted by molar-refractivity contribution is 6.14. The molecule has 2 aromatic heterocycles. The number of nitrogens with zero attached hydrogens (tertiary/aromatic N) is 3. The molecule has 0 aliphatic heterocycles. The number of aliphatic imine (C=N–C) groups is 1. The van der Waals surface area contributed by atoms with Crippen LogP contribution in [0.4, 0.5) is 10.5 Å². The summed E-state index contributed by atoms with van der Waals surface area (Å²) in [7, 11) is 0. The Labute approximate surface area is 179 Å². The van der Waals surface area contributed by atoms with Crippen LogP contribution in [0.5, 0.6) is 5.75 Å². The largest absolute Gasteiger partial charge is 0.410 e. The van der Waals surface area contributed by atoms with Gasteiger partial charge in [-0.3, -0.25) is 0 Å². The SMILES string of the molecule is Cc1nc(-c2onc(C)c2OC(N)=O)ccc1N=C(c1ccccc1)c1ccccc1. The number of nitrogens with two attached hydrogens (primary N) is 1. The number of primary amides is 1. The number of ether oxygens (including phenoxy) is 1. The molecule has 0 bridgehead atoms. The third-order valence-corrected chi connectivity index (χ3v) is 4.63. The number of amides is 1. The topological polar surface area (TPSA) is 104 Å². The zero-order chi connectivity index (χ0) is 21.8. The fourth-order valence-electron chi connectivity index (χ4n) is 3.15. The molecule has 4 rings (SSSR count). The van der Waals surface area contributed by atoms with Gasteiger partial charge in [0, 0.05) is 11.1 Å². The zero-order valence-electron chi connectivity index (χ0n) is 17.1. The molecular formula is C24H20N4O3. The van der Waals surface area contributed by atoms with Crippen molar-refractivity contribution in [3.63, 3.8) is 0 Å². The van der Waals surface area contributed by atoms with Crippen molar-refractivity contribution < 1.29 is 14.1 Å². The van der Waals surface area contributed by atoms with E-state index in [4.69, 9.17) is 20.0 Å². The van der Waals surface area contributed by atoms with E-state index in [1.165, 1.54) is 0 Å². The predicted octanol–water partition coefficient (Wildman–Crippen LogP) is 4.98. The second-order valence-electron chi connectivity index (χ2n) is 6.84. The highest BCUT2D eigenvalue weighted by Gasteiger charge is 2.20. The van der Waals surface area contributed by atoms with E-state index in [0.717, 1.165) is 16.8 Å². The second kappa shape index (κ2) is 8.62. The van der Waals surface area contributed by atoms with Crippen molar-refractivity contribution >= 4 is 17.5 Å². The smallest absolute Gasteiger partial charge is 0.404 e. The molecule has 4 aromatic rings. The third kappa shape index (κ3) is 4.35. The van der Waals surface area contributed by atoms with Gasteiger partial charge >= 0.3 is 6.09 Å². The van der Waals surface area contributed by atoms with Crippen molar-refractivity contribution in [3.05, 3.63) is 95.3 Å². The minimum Gasteiger partial charge on any atom is -0.404 e. The molecule has 0 saturated carbocycles. The molecule has 154 valence electrons. The lowest BCUT2D eigenvalue weighted by molar-refractivity contribution is 0.210. The Balaban J connectivity index is 1.77. The molecule has 1 amide bonds. The van der Waals surface area contributed by atoms with Crippen LogP contribution >= 0.6 is 0 Å². The Morgan fingerprint density at radius 3 is 2.06 bits per heavy atom. The van der Waals surface area contributed by atoms with Crippen LogP contribution in [0.3, 0.4) is 0 Å². The van der Waals surface area contributed by atoms with Crippen LogP contribution in [0.15, 0.2) is 82.3 Å². The van der Waals surface area contributed by atoms with E-state index in [-0.39, 0.29) is 11.5 Å². The molecule has 0 aliphatic rings. The van der Waals surface area contributed by atoms with Gasteiger partial charge in [0.25, 0.3) is 0 Å². The summed E-state index contributed by atoms with van der Waals surface area (Å²) in [4.78, 5) is 20.7. The van der Waals surface area contributed by atoms with Gasteiger partial charge in [-0.1, -0.05) is 65.8 Å². The van der Waals surface area contributed by atoms with E-state index >= 15 is 0 Å². The van der Waals surface area contributed by atoms with Gasteiger partial charge in [-0.15, -0.1) is 0 Å². The minimum atomic E-state index is -0.944. The molecule has 2 aromatic carbocycles. The molecule has 0 aliphatic carbocycles. The highest BCUT2D eigenvalue weighted by Crippen LogP contribution is 2.33. The van der Waals surface area contributed by atoms with Gasteiger partial charge in [0.1, 0.15) is 11.4 Å². The van der Waals surface area contributed by atoms with Gasteiger partial charge in [0.05, 0.1) is 17.1 Å². The van der Waals surface area contributed by atoms with Crippen molar-refractivity contribution in [3.8, 4) is 17.2 Å². The summed E-state index contributed by atoms with van der Waals surface area (Å²) in [6.07, 6.45) is -0.944. The van der Waals surface area contributed by atoms with E-state index in [1.54, 1.807) is 13.0 Å². The van der Waals surface area contributed by atoms with Crippen molar-refractivity contribution in [2.24, 2.45) is 10.7 Å². The first kappa shape index (κ1) is 20.0. The van der Waals surface area contributed by atoms with E-state index in [1.807, 2.05) is 73.7 Å². The lowest BCUT2D eigenvalue weighted by atomic mass is 10.0. The summed E-state index contributed by atoms with van der Waals surface area (Å²) in [5.74, 6) is 0.395. The van der Waals surface area contributed by atoms with E-state index in [2.05, 4.69) is 10.1 Å². The van der Waals surface area contributed by atoms with Crippen molar-refractivity contribution in [1.82, 2.24) is 10.1 Å². The number of carbonyl (C=O) groups excluding carboxylic acids is 1. The lowest BCUT2D eigenvalue weighted by Crippen LogP contribution is -2.16. The summed E-state index contributed by atoms with van der Waals surface area (Å²) < 4.78 is 10.4. The molecule has 0 radical (unpaired) electrons. The van der Waals surface area contributed by atoms with E-state index < -0.39 is 6.09 Å². The third-order valence-electron chi connectivity index (χ3n) is 4.63. The molecule has 7 nitrogen and oxygen atoms in total. The number of pyridine rings is 1.